The number of benzene rings is 2. The van der Waals surface area contributed by atoms with E-state index in [4.69, 9.17) is 37.1 Å². The van der Waals surface area contributed by atoms with Gasteiger partial charge in [0.2, 0.25) is 5.89 Å². The molecule has 0 bridgehead atoms. The molecule has 0 saturated heterocycles. The van der Waals surface area contributed by atoms with E-state index < -0.39 is 12.1 Å². The van der Waals surface area contributed by atoms with Gasteiger partial charge in [0.05, 0.1) is 5.02 Å². The van der Waals surface area contributed by atoms with Crippen LogP contribution in [0.2, 0.25) is 10.0 Å². The van der Waals surface area contributed by atoms with Gasteiger partial charge in [-0.3, -0.25) is 0 Å². The minimum Gasteiger partial charge on any atom is -0.480 e. The van der Waals surface area contributed by atoms with Crippen molar-refractivity contribution in [3.8, 4) is 17.2 Å². The topological polar surface area (TPSA) is 74.5 Å². The highest BCUT2D eigenvalue weighted by molar-refractivity contribution is 6.35. The number of rotatable bonds is 6. The molecule has 2 aromatic carbocycles. The third-order valence-corrected chi connectivity index (χ3v) is 3.89. The monoisotopic (exact) mass is 392 g/mol. The normalized spacial score (nSPS) is 11.8. The van der Waals surface area contributed by atoms with Crippen LogP contribution < -0.4 is 4.74 Å². The maximum absolute atomic E-state index is 11.9. The van der Waals surface area contributed by atoms with Crippen LogP contribution in [0.4, 0.5) is 0 Å². The minimum atomic E-state index is -0.711. The second-order valence-corrected chi connectivity index (χ2v) is 6.15. The van der Waals surface area contributed by atoms with Gasteiger partial charge in [0.15, 0.2) is 12.7 Å². The number of halogens is 2. The van der Waals surface area contributed by atoms with E-state index in [2.05, 4.69) is 10.2 Å². The first-order chi connectivity index (χ1) is 12.5. The Balaban J connectivity index is 1.57. The second kappa shape index (κ2) is 8.21. The Morgan fingerprint density at radius 1 is 1.15 bits per heavy atom. The van der Waals surface area contributed by atoms with Gasteiger partial charge in [-0.15, -0.1) is 10.2 Å². The summed E-state index contributed by atoms with van der Waals surface area (Å²) in [6.07, 6.45) is -0.711. The van der Waals surface area contributed by atoms with Crippen LogP contribution >= 0.6 is 23.2 Å². The Kier molecular flexibility index (Phi) is 5.75. The fourth-order valence-corrected chi connectivity index (χ4v) is 2.57. The molecular weight excluding hydrogens is 379 g/mol. The first-order valence-corrected chi connectivity index (χ1v) is 8.44. The molecule has 8 heteroatoms. The molecule has 3 aromatic rings. The van der Waals surface area contributed by atoms with Gasteiger partial charge in [0.25, 0.3) is 5.89 Å². The van der Waals surface area contributed by atoms with Gasteiger partial charge < -0.3 is 13.9 Å². The van der Waals surface area contributed by atoms with Crippen molar-refractivity contribution in [2.45, 2.75) is 13.0 Å². The number of carbonyl (C=O) groups excluding carboxylic acids is 1. The summed E-state index contributed by atoms with van der Waals surface area (Å²) in [5.41, 5.74) is 0.783. The molecule has 0 aliphatic heterocycles. The molecule has 0 amide bonds. The maximum atomic E-state index is 11.9. The zero-order chi connectivity index (χ0) is 18.5. The van der Waals surface area contributed by atoms with Crippen molar-refractivity contribution < 1.29 is 18.7 Å². The summed E-state index contributed by atoms with van der Waals surface area (Å²) in [6.45, 7) is 1.32. The fourth-order valence-electron chi connectivity index (χ4n) is 2.11. The van der Waals surface area contributed by atoms with Crippen molar-refractivity contribution >= 4 is 29.2 Å². The first kappa shape index (κ1) is 18.2. The Bertz CT molecular complexity index is 899. The predicted octanol–water partition coefficient (Wildman–Crippen LogP) is 4.73. The van der Waals surface area contributed by atoms with Gasteiger partial charge in [-0.25, -0.2) is 4.79 Å². The third kappa shape index (κ3) is 4.53. The van der Waals surface area contributed by atoms with Crippen LogP contribution in [0.3, 0.4) is 0 Å². The van der Waals surface area contributed by atoms with Crippen LogP contribution in [-0.2, 0) is 9.53 Å². The molecule has 1 aromatic heterocycles. The van der Waals surface area contributed by atoms with E-state index >= 15 is 0 Å². The van der Waals surface area contributed by atoms with E-state index in [-0.39, 0.29) is 12.5 Å². The van der Waals surface area contributed by atoms with Crippen LogP contribution in [0.5, 0.6) is 5.75 Å². The predicted molar refractivity (Wildman–Crippen MR) is 96.2 cm³/mol. The lowest BCUT2D eigenvalue weighted by molar-refractivity contribution is -0.152. The van der Waals surface area contributed by atoms with E-state index in [1.165, 1.54) is 6.07 Å². The Morgan fingerprint density at radius 3 is 2.65 bits per heavy atom. The van der Waals surface area contributed by atoms with Crippen molar-refractivity contribution in [2.24, 2.45) is 0 Å². The van der Waals surface area contributed by atoms with Gasteiger partial charge in [0.1, 0.15) is 5.75 Å². The lowest BCUT2D eigenvalue weighted by Crippen LogP contribution is -2.17. The molecule has 0 aliphatic carbocycles. The zero-order valence-electron chi connectivity index (χ0n) is 13.7. The number of aromatic nitrogens is 2. The molecule has 0 N–H and O–H groups in total. The largest absolute Gasteiger partial charge is 0.480 e. The third-order valence-electron chi connectivity index (χ3n) is 3.36. The van der Waals surface area contributed by atoms with Crippen LogP contribution in [0.15, 0.2) is 52.9 Å². The maximum Gasteiger partial charge on any atom is 0.344 e. The number of hydrogen-bond acceptors (Lipinski definition) is 6. The van der Waals surface area contributed by atoms with Crippen molar-refractivity contribution in [3.05, 3.63) is 64.5 Å². The molecule has 0 saturated carbocycles. The first-order valence-electron chi connectivity index (χ1n) is 7.69. The van der Waals surface area contributed by atoms with Crippen LogP contribution in [0, 0.1) is 0 Å². The molecule has 0 aliphatic rings. The minimum absolute atomic E-state index is 0.196. The highest BCUT2D eigenvalue weighted by Gasteiger charge is 2.19. The molecule has 3 rings (SSSR count). The van der Waals surface area contributed by atoms with E-state index in [0.29, 0.717) is 21.7 Å². The molecule has 134 valence electrons. The highest BCUT2D eigenvalue weighted by atomic mass is 35.5. The van der Waals surface area contributed by atoms with Gasteiger partial charge in [-0.05, 0) is 37.3 Å². The number of nitrogens with zero attached hydrogens (tertiary/aromatic N) is 2. The van der Waals surface area contributed by atoms with Gasteiger partial charge in [0, 0.05) is 10.6 Å². The lowest BCUT2D eigenvalue weighted by Gasteiger charge is -2.11. The summed E-state index contributed by atoms with van der Waals surface area (Å²) in [4.78, 5) is 11.9. The Labute approximate surface area is 159 Å². The number of hydrogen-bond donors (Lipinski definition) is 0. The van der Waals surface area contributed by atoms with Crippen molar-refractivity contribution in [1.82, 2.24) is 10.2 Å². The van der Waals surface area contributed by atoms with Crippen molar-refractivity contribution in [2.75, 3.05) is 6.61 Å². The number of ether oxygens (including phenoxy) is 2. The van der Waals surface area contributed by atoms with Crippen LogP contribution in [0.25, 0.3) is 11.5 Å². The number of esters is 1. The van der Waals surface area contributed by atoms with Crippen molar-refractivity contribution in [1.29, 1.82) is 0 Å². The van der Waals surface area contributed by atoms with E-state index in [1.807, 2.05) is 30.3 Å². The summed E-state index contributed by atoms with van der Waals surface area (Å²) in [5.74, 6) is 0.294. The Hall–Kier alpha value is -2.57. The Morgan fingerprint density at radius 2 is 1.92 bits per heavy atom. The van der Waals surface area contributed by atoms with E-state index in [0.717, 1.165) is 5.56 Å². The van der Waals surface area contributed by atoms with E-state index in [1.54, 1.807) is 19.1 Å². The van der Waals surface area contributed by atoms with Crippen LogP contribution in [0.1, 0.15) is 18.9 Å². The van der Waals surface area contributed by atoms with Gasteiger partial charge >= 0.3 is 5.97 Å². The second-order valence-electron chi connectivity index (χ2n) is 5.31. The fraction of sp³-hybridized carbons (Fsp3) is 0.167. The average molecular weight is 393 g/mol. The summed E-state index contributed by atoms with van der Waals surface area (Å²) in [7, 11) is 0. The lowest BCUT2D eigenvalue weighted by atomic mass is 10.2. The number of carbonyl (C=O) groups is 1. The quantitative estimate of drug-likeness (QED) is 0.564. The summed E-state index contributed by atoms with van der Waals surface area (Å²) < 4.78 is 16.1. The van der Waals surface area contributed by atoms with Crippen molar-refractivity contribution in [3.63, 3.8) is 0 Å². The average Bonchev–Trinajstić information content (AvgIpc) is 3.12. The molecule has 0 fully saturated rings. The van der Waals surface area contributed by atoms with Crippen LogP contribution in [-0.4, -0.2) is 22.8 Å². The molecule has 0 radical (unpaired) electrons. The summed E-state index contributed by atoms with van der Waals surface area (Å²) >= 11 is 11.8. The van der Waals surface area contributed by atoms with Gasteiger partial charge in [-0.2, -0.15) is 0 Å². The smallest absolute Gasteiger partial charge is 0.344 e. The van der Waals surface area contributed by atoms with Gasteiger partial charge in [-0.1, -0.05) is 41.4 Å². The molecule has 6 nitrogen and oxygen atoms in total. The molecule has 0 spiro atoms. The SMILES string of the molecule is C[C@H](OC(=O)COc1ccc(Cl)cc1Cl)c1nnc(-c2ccccc2)o1. The molecular formula is C18H14Cl2N2O4. The summed E-state index contributed by atoms with van der Waals surface area (Å²) in [5, 5.41) is 8.66. The van der Waals surface area contributed by atoms with E-state index in [9.17, 15) is 4.79 Å². The highest BCUT2D eigenvalue weighted by Crippen LogP contribution is 2.27. The summed E-state index contributed by atoms with van der Waals surface area (Å²) in [6, 6.07) is 14.0. The molecule has 1 atom stereocenters. The zero-order valence-corrected chi connectivity index (χ0v) is 15.2. The molecule has 26 heavy (non-hydrogen) atoms. The molecule has 1 heterocycles. The standard InChI is InChI=1S/C18H14Cl2N2O4/c1-11(17-21-22-18(26-17)12-5-3-2-4-6-12)25-16(23)10-24-15-8-7-13(19)9-14(15)20/h2-9,11H,10H2,1H3/t11-/m0/s1. The molecule has 0 unspecified atom stereocenters.